The van der Waals surface area contributed by atoms with Crippen LogP contribution in [0.25, 0.3) is 0 Å². The van der Waals surface area contributed by atoms with Crippen LogP contribution in [0.3, 0.4) is 0 Å². The third kappa shape index (κ3) is 5.38. The Kier molecular flexibility index (Phi) is 6.73. The van der Waals surface area contributed by atoms with Crippen molar-refractivity contribution in [2.24, 2.45) is 0 Å². The summed E-state index contributed by atoms with van der Waals surface area (Å²) in [6.07, 6.45) is 0. The highest BCUT2D eigenvalue weighted by Crippen LogP contribution is 2.17. The number of halogens is 1. The summed E-state index contributed by atoms with van der Waals surface area (Å²) < 4.78 is 17.4. The first-order valence-corrected chi connectivity index (χ1v) is 10.0. The molecule has 1 heterocycles. The van der Waals surface area contributed by atoms with Crippen molar-refractivity contribution in [3.63, 3.8) is 0 Å². The van der Waals surface area contributed by atoms with Gasteiger partial charge in [-0.05, 0) is 42.7 Å². The molecule has 3 aromatic rings. The summed E-state index contributed by atoms with van der Waals surface area (Å²) >= 11 is 1.03. The number of aryl methyl sites for hydroxylation is 2. The van der Waals surface area contributed by atoms with Crippen LogP contribution in [0.2, 0.25) is 0 Å². The monoisotopic (exact) mass is 427 g/mol. The number of urea groups is 1. The third-order valence-corrected chi connectivity index (χ3v) is 5.12. The van der Waals surface area contributed by atoms with Gasteiger partial charge in [-0.15, -0.1) is 0 Å². The second kappa shape index (κ2) is 9.45. The van der Waals surface area contributed by atoms with Crippen molar-refractivity contribution in [3.8, 4) is 0 Å². The van der Waals surface area contributed by atoms with E-state index in [-0.39, 0.29) is 24.8 Å². The Morgan fingerprint density at radius 1 is 1.13 bits per heavy atom. The molecule has 2 aromatic carbocycles. The van der Waals surface area contributed by atoms with Gasteiger partial charge in [0, 0.05) is 30.7 Å². The first kappa shape index (κ1) is 21.4. The molecule has 2 N–H and O–H groups in total. The van der Waals surface area contributed by atoms with Crippen LogP contribution in [0.4, 0.5) is 14.3 Å². The minimum atomic E-state index is -0.470. The van der Waals surface area contributed by atoms with Crippen LogP contribution in [0.5, 0.6) is 0 Å². The molecule has 1 aromatic heterocycles. The predicted octanol–water partition coefficient (Wildman–Crippen LogP) is 3.89. The van der Waals surface area contributed by atoms with Gasteiger partial charge in [0.2, 0.25) is 5.13 Å². The van der Waals surface area contributed by atoms with E-state index < -0.39 is 6.03 Å². The molecular weight excluding hydrogens is 405 g/mol. The SMILES string of the molecule is Cc1cccc(C)c1C(=O)N(C)Cc1nsc(NC(=O)NCc2cccc(F)c2)n1. The lowest BCUT2D eigenvalue weighted by molar-refractivity contribution is 0.0780. The number of rotatable bonds is 6. The number of anilines is 1. The van der Waals surface area contributed by atoms with Gasteiger partial charge in [0.05, 0.1) is 6.54 Å². The molecule has 3 rings (SSSR count). The van der Waals surface area contributed by atoms with Crippen molar-refractivity contribution in [3.05, 3.63) is 76.4 Å². The minimum absolute atomic E-state index is 0.109. The Bertz CT molecular complexity index is 1050. The summed E-state index contributed by atoms with van der Waals surface area (Å²) in [5, 5.41) is 5.55. The maximum atomic E-state index is 13.2. The molecule has 0 radical (unpaired) electrons. The number of carbonyl (C=O) groups is 2. The van der Waals surface area contributed by atoms with E-state index in [0.717, 1.165) is 22.7 Å². The number of aromatic nitrogens is 2. The van der Waals surface area contributed by atoms with Gasteiger partial charge in [-0.1, -0.05) is 30.3 Å². The molecular formula is C21H22FN5O2S. The first-order chi connectivity index (χ1) is 14.3. The molecule has 0 saturated heterocycles. The lowest BCUT2D eigenvalue weighted by Gasteiger charge is -2.18. The molecule has 0 aliphatic heterocycles. The van der Waals surface area contributed by atoms with Crippen LogP contribution >= 0.6 is 11.5 Å². The number of benzene rings is 2. The topological polar surface area (TPSA) is 87.2 Å². The fourth-order valence-corrected chi connectivity index (χ4v) is 3.54. The van der Waals surface area contributed by atoms with E-state index in [1.54, 1.807) is 24.1 Å². The number of amides is 3. The molecule has 0 spiro atoms. The Hall–Kier alpha value is -3.33. The first-order valence-electron chi connectivity index (χ1n) is 9.27. The molecule has 0 unspecified atom stereocenters. The summed E-state index contributed by atoms with van der Waals surface area (Å²) in [7, 11) is 1.69. The van der Waals surface area contributed by atoms with E-state index in [1.807, 2.05) is 32.0 Å². The van der Waals surface area contributed by atoms with Crippen LogP contribution in [0, 0.1) is 19.7 Å². The van der Waals surface area contributed by atoms with Crippen LogP contribution in [0.1, 0.15) is 32.9 Å². The van der Waals surface area contributed by atoms with Crippen molar-refractivity contribution in [2.75, 3.05) is 12.4 Å². The zero-order valence-corrected chi connectivity index (χ0v) is 17.7. The highest BCUT2D eigenvalue weighted by Gasteiger charge is 2.18. The predicted molar refractivity (Wildman–Crippen MR) is 114 cm³/mol. The maximum absolute atomic E-state index is 13.2. The minimum Gasteiger partial charge on any atom is -0.334 e. The molecule has 0 fully saturated rings. The molecule has 0 atom stereocenters. The van der Waals surface area contributed by atoms with Crippen LogP contribution in [-0.2, 0) is 13.1 Å². The number of hydrogen-bond donors (Lipinski definition) is 2. The number of carbonyl (C=O) groups excluding carboxylic acids is 2. The molecule has 0 saturated carbocycles. The van der Waals surface area contributed by atoms with Gasteiger partial charge in [-0.2, -0.15) is 4.37 Å². The molecule has 0 aliphatic rings. The maximum Gasteiger partial charge on any atom is 0.321 e. The van der Waals surface area contributed by atoms with Crippen molar-refractivity contribution in [1.82, 2.24) is 19.6 Å². The van der Waals surface area contributed by atoms with Crippen LogP contribution in [0.15, 0.2) is 42.5 Å². The highest BCUT2D eigenvalue weighted by atomic mass is 32.1. The zero-order chi connectivity index (χ0) is 21.7. The summed E-state index contributed by atoms with van der Waals surface area (Å²) in [5.41, 5.74) is 3.14. The van der Waals surface area contributed by atoms with Crippen molar-refractivity contribution >= 4 is 28.6 Å². The molecule has 9 heteroatoms. The lowest BCUT2D eigenvalue weighted by atomic mass is 10.0. The Morgan fingerprint density at radius 2 is 1.83 bits per heavy atom. The van der Waals surface area contributed by atoms with Crippen molar-refractivity contribution < 1.29 is 14.0 Å². The Labute approximate surface area is 178 Å². The van der Waals surface area contributed by atoms with Gasteiger partial charge < -0.3 is 10.2 Å². The van der Waals surface area contributed by atoms with Crippen LogP contribution in [-0.4, -0.2) is 33.2 Å². The summed E-state index contributed by atoms with van der Waals surface area (Å²) in [6.45, 7) is 4.21. The fourth-order valence-electron chi connectivity index (χ4n) is 2.97. The van der Waals surface area contributed by atoms with E-state index in [2.05, 4.69) is 20.0 Å². The average molecular weight is 428 g/mol. The second-order valence-corrected chi connectivity index (χ2v) is 7.63. The van der Waals surface area contributed by atoms with Gasteiger partial charge >= 0.3 is 6.03 Å². The largest absolute Gasteiger partial charge is 0.334 e. The van der Waals surface area contributed by atoms with Crippen molar-refractivity contribution in [1.29, 1.82) is 0 Å². The zero-order valence-electron chi connectivity index (χ0n) is 16.9. The Morgan fingerprint density at radius 3 is 2.53 bits per heavy atom. The number of hydrogen-bond acceptors (Lipinski definition) is 5. The van der Waals surface area contributed by atoms with E-state index in [4.69, 9.17) is 0 Å². The quantitative estimate of drug-likeness (QED) is 0.625. The molecule has 7 nitrogen and oxygen atoms in total. The normalized spacial score (nSPS) is 10.5. The standard InChI is InChI=1S/C21H22FN5O2S/c1-13-6-4-7-14(2)18(13)19(28)27(3)12-17-24-21(30-26-17)25-20(29)23-11-15-8-5-9-16(22)10-15/h4-10H,11-12H2,1-3H3,(H2,23,24,25,26,29). The Balaban J connectivity index is 1.55. The van der Waals surface area contributed by atoms with Gasteiger partial charge in [0.15, 0.2) is 5.82 Å². The van der Waals surface area contributed by atoms with E-state index >= 15 is 0 Å². The highest BCUT2D eigenvalue weighted by molar-refractivity contribution is 7.09. The summed E-state index contributed by atoms with van der Waals surface area (Å²) in [4.78, 5) is 30.6. The summed E-state index contributed by atoms with van der Waals surface area (Å²) in [5.74, 6) is -0.0340. The lowest BCUT2D eigenvalue weighted by Crippen LogP contribution is -2.29. The van der Waals surface area contributed by atoms with Crippen molar-refractivity contribution in [2.45, 2.75) is 26.9 Å². The molecule has 30 heavy (non-hydrogen) atoms. The van der Waals surface area contributed by atoms with Crippen LogP contribution < -0.4 is 10.6 Å². The molecule has 156 valence electrons. The second-order valence-electron chi connectivity index (χ2n) is 6.88. The van der Waals surface area contributed by atoms with Gasteiger partial charge in [-0.3, -0.25) is 10.1 Å². The number of nitrogens with one attached hydrogen (secondary N) is 2. The molecule has 0 bridgehead atoms. The fraction of sp³-hybridized carbons (Fsp3) is 0.238. The summed E-state index contributed by atoms with van der Waals surface area (Å²) in [6, 6.07) is 11.2. The number of nitrogens with zero attached hydrogens (tertiary/aromatic N) is 3. The molecule has 0 aliphatic carbocycles. The smallest absolute Gasteiger partial charge is 0.321 e. The van der Waals surface area contributed by atoms with E-state index in [0.29, 0.717) is 22.1 Å². The van der Waals surface area contributed by atoms with E-state index in [9.17, 15) is 14.0 Å². The van der Waals surface area contributed by atoms with E-state index in [1.165, 1.54) is 12.1 Å². The molecule has 3 amide bonds. The van der Waals surface area contributed by atoms with Gasteiger partial charge in [0.1, 0.15) is 5.82 Å². The van der Waals surface area contributed by atoms with Gasteiger partial charge in [0.25, 0.3) is 5.91 Å². The average Bonchev–Trinajstić information content (AvgIpc) is 3.12. The third-order valence-electron chi connectivity index (χ3n) is 4.45. The van der Waals surface area contributed by atoms with Gasteiger partial charge in [-0.25, -0.2) is 14.2 Å².